The molecular weight excluding hydrogens is 186 g/mol. The molecule has 0 saturated heterocycles. The lowest BCUT2D eigenvalue weighted by molar-refractivity contribution is 0.00731. The van der Waals surface area contributed by atoms with E-state index in [9.17, 15) is 8.78 Å². The quantitative estimate of drug-likeness (QED) is 0.556. The minimum atomic E-state index is -2.53. The maximum Gasteiger partial charge on any atom is 0.248 e. The van der Waals surface area contributed by atoms with Crippen LogP contribution in [0.2, 0.25) is 0 Å². The Hall–Kier alpha value is -0.670. The van der Waals surface area contributed by atoms with Crippen LogP contribution in [0.25, 0.3) is 0 Å². The van der Waals surface area contributed by atoms with E-state index in [4.69, 9.17) is 5.73 Å². The molecule has 1 unspecified atom stereocenters. The first kappa shape index (κ1) is 11.4. The van der Waals surface area contributed by atoms with E-state index >= 15 is 0 Å². The van der Waals surface area contributed by atoms with Crippen LogP contribution in [-0.2, 0) is 0 Å². The van der Waals surface area contributed by atoms with Gasteiger partial charge in [-0.15, -0.1) is 0 Å². The van der Waals surface area contributed by atoms with E-state index in [2.05, 4.69) is 4.99 Å². The Bertz CT molecular complexity index is 224. The summed E-state index contributed by atoms with van der Waals surface area (Å²) in [5, 5.41) is 0. The first-order valence-electron chi connectivity index (χ1n) is 5.08. The van der Waals surface area contributed by atoms with E-state index in [-0.39, 0.29) is 18.8 Å². The first-order valence-corrected chi connectivity index (χ1v) is 5.08. The Morgan fingerprint density at radius 3 is 2.64 bits per heavy atom. The molecule has 1 atom stereocenters. The molecule has 0 aliphatic heterocycles. The van der Waals surface area contributed by atoms with Crippen molar-refractivity contribution < 1.29 is 8.78 Å². The van der Waals surface area contributed by atoms with Crippen molar-refractivity contribution in [2.45, 2.75) is 39.0 Å². The van der Waals surface area contributed by atoms with Crippen LogP contribution in [0.4, 0.5) is 8.78 Å². The standard InChI is InChI=1S/C10H18F2N2/c1-7(2)6-14-9(13)8-3-4-10(11,12)5-8/h7-8H,3-6H2,1-2H3,(H2,13,14). The lowest BCUT2D eigenvalue weighted by Crippen LogP contribution is -2.24. The van der Waals surface area contributed by atoms with Gasteiger partial charge in [-0.1, -0.05) is 13.8 Å². The number of aliphatic imine (C=N–C) groups is 1. The van der Waals surface area contributed by atoms with Crippen LogP contribution in [0.5, 0.6) is 0 Å². The summed E-state index contributed by atoms with van der Waals surface area (Å²) in [4.78, 5) is 4.13. The van der Waals surface area contributed by atoms with Gasteiger partial charge >= 0.3 is 0 Å². The number of alkyl halides is 2. The summed E-state index contributed by atoms with van der Waals surface area (Å²) >= 11 is 0. The van der Waals surface area contributed by atoms with Gasteiger partial charge in [0, 0.05) is 25.3 Å². The number of hydrogen-bond acceptors (Lipinski definition) is 1. The predicted molar refractivity (Wildman–Crippen MR) is 53.6 cm³/mol. The lowest BCUT2D eigenvalue weighted by atomic mass is 10.1. The third-order valence-corrected chi connectivity index (χ3v) is 2.46. The molecule has 0 spiro atoms. The van der Waals surface area contributed by atoms with Crippen LogP contribution in [0, 0.1) is 11.8 Å². The second kappa shape index (κ2) is 4.24. The highest BCUT2D eigenvalue weighted by molar-refractivity contribution is 5.83. The molecule has 2 nitrogen and oxygen atoms in total. The monoisotopic (exact) mass is 204 g/mol. The Morgan fingerprint density at radius 1 is 1.57 bits per heavy atom. The molecule has 1 aliphatic carbocycles. The molecule has 1 fully saturated rings. The summed E-state index contributed by atoms with van der Waals surface area (Å²) < 4.78 is 25.7. The minimum absolute atomic E-state index is 0.0461. The molecule has 0 bridgehead atoms. The number of nitrogens with zero attached hydrogens (tertiary/aromatic N) is 1. The molecule has 4 heteroatoms. The van der Waals surface area contributed by atoms with Gasteiger partial charge in [-0.2, -0.15) is 0 Å². The zero-order valence-electron chi connectivity index (χ0n) is 8.76. The Morgan fingerprint density at radius 2 is 2.21 bits per heavy atom. The van der Waals surface area contributed by atoms with Crippen LogP contribution < -0.4 is 5.73 Å². The first-order chi connectivity index (χ1) is 6.41. The molecule has 0 amide bonds. The normalized spacial score (nSPS) is 27.2. The van der Waals surface area contributed by atoms with Crippen molar-refractivity contribution in [3.63, 3.8) is 0 Å². The van der Waals surface area contributed by atoms with Crippen molar-refractivity contribution in [1.82, 2.24) is 0 Å². The SMILES string of the molecule is CC(C)CN=C(N)C1CCC(F)(F)C1. The molecule has 2 N–H and O–H groups in total. The van der Waals surface area contributed by atoms with Crippen LogP contribution in [0.1, 0.15) is 33.1 Å². The topological polar surface area (TPSA) is 38.4 Å². The molecule has 82 valence electrons. The molecule has 0 aromatic rings. The van der Waals surface area contributed by atoms with Gasteiger partial charge in [0.05, 0.1) is 5.84 Å². The Kier molecular flexibility index (Phi) is 3.45. The maximum atomic E-state index is 12.8. The molecule has 1 saturated carbocycles. The Labute approximate surface area is 83.6 Å². The largest absolute Gasteiger partial charge is 0.387 e. The van der Waals surface area contributed by atoms with E-state index in [1.54, 1.807) is 0 Å². The van der Waals surface area contributed by atoms with Crippen LogP contribution >= 0.6 is 0 Å². The summed E-state index contributed by atoms with van der Waals surface area (Å²) in [6.45, 7) is 4.69. The van der Waals surface area contributed by atoms with Crippen molar-refractivity contribution >= 4 is 5.84 Å². The highest BCUT2D eigenvalue weighted by Gasteiger charge is 2.40. The number of halogens is 2. The van der Waals surface area contributed by atoms with Crippen LogP contribution in [0.15, 0.2) is 4.99 Å². The van der Waals surface area contributed by atoms with E-state index in [0.29, 0.717) is 24.7 Å². The van der Waals surface area contributed by atoms with Gasteiger partial charge in [0.15, 0.2) is 0 Å². The van der Waals surface area contributed by atoms with E-state index < -0.39 is 5.92 Å². The zero-order valence-corrected chi connectivity index (χ0v) is 8.76. The molecule has 0 aromatic carbocycles. The van der Waals surface area contributed by atoms with Crippen LogP contribution in [0.3, 0.4) is 0 Å². The van der Waals surface area contributed by atoms with Gasteiger partial charge in [-0.05, 0) is 12.3 Å². The molecule has 14 heavy (non-hydrogen) atoms. The van der Waals surface area contributed by atoms with Gasteiger partial charge in [-0.3, -0.25) is 4.99 Å². The average molecular weight is 204 g/mol. The fraction of sp³-hybridized carbons (Fsp3) is 0.900. The molecule has 0 radical (unpaired) electrons. The summed E-state index contributed by atoms with van der Waals surface area (Å²) in [7, 11) is 0. The number of rotatable bonds is 3. The Balaban J connectivity index is 2.46. The molecule has 0 aromatic heterocycles. The third kappa shape index (κ3) is 3.24. The molecule has 1 aliphatic rings. The van der Waals surface area contributed by atoms with Crippen molar-refractivity contribution in [3.05, 3.63) is 0 Å². The van der Waals surface area contributed by atoms with E-state index in [1.807, 2.05) is 13.8 Å². The summed E-state index contributed by atoms with van der Waals surface area (Å²) in [6.07, 6.45) is 0.302. The summed E-state index contributed by atoms with van der Waals surface area (Å²) in [5.74, 6) is -1.89. The molecule has 1 rings (SSSR count). The van der Waals surface area contributed by atoms with Crippen molar-refractivity contribution in [1.29, 1.82) is 0 Å². The second-order valence-electron chi connectivity index (χ2n) is 4.46. The number of amidine groups is 1. The van der Waals surface area contributed by atoms with E-state index in [0.717, 1.165) is 0 Å². The van der Waals surface area contributed by atoms with Crippen LogP contribution in [-0.4, -0.2) is 18.3 Å². The van der Waals surface area contributed by atoms with E-state index in [1.165, 1.54) is 0 Å². The average Bonchev–Trinajstić information content (AvgIpc) is 2.41. The maximum absolute atomic E-state index is 12.8. The molecular formula is C10H18F2N2. The highest BCUT2D eigenvalue weighted by atomic mass is 19.3. The molecule has 0 heterocycles. The number of hydrogen-bond donors (Lipinski definition) is 1. The van der Waals surface area contributed by atoms with Gasteiger partial charge in [0.25, 0.3) is 0 Å². The van der Waals surface area contributed by atoms with Crippen molar-refractivity contribution in [3.8, 4) is 0 Å². The summed E-state index contributed by atoms with van der Waals surface area (Å²) in [5.41, 5.74) is 5.67. The van der Waals surface area contributed by atoms with Gasteiger partial charge in [-0.25, -0.2) is 8.78 Å². The minimum Gasteiger partial charge on any atom is -0.387 e. The zero-order chi connectivity index (χ0) is 10.8. The van der Waals surface area contributed by atoms with Crippen molar-refractivity contribution in [2.75, 3.05) is 6.54 Å². The van der Waals surface area contributed by atoms with Gasteiger partial charge in [0.2, 0.25) is 5.92 Å². The fourth-order valence-electron chi connectivity index (χ4n) is 1.62. The lowest BCUT2D eigenvalue weighted by Gasteiger charge is -2.10. The third-order valence-electron chi connectivity index (χ3n) is 2.46. The highest BCUT2D eigenvalue weighted by Crippen LogP contribution is 2.38. The van der Waals surface area contributed by atoms with Crippen molar-refractivity contribution in [2.24, 2.45) is 22.6 Å². The fourth-order valence-corrected chi connectivity index (χ4v) is 1.62. The second-order valence-corrected chi connectivity index (χ2v) is 4.46. The smallest absolute Gasteiger partial charge is 0.248 e. The predicted octanol–water partition coefficient (Wildman–Crippen LogP) is 2.44. The van der Waals surface area contributed by atoms with Gasteiger partial charge in [0.1, 0.15) is 0 Å². The summed E-state index contributed by atoms with van der Waals surface area (Å²) in [6, 6.07) is 0. The number of nitrogens with two attached hydrogens (primary N) is 1. The van der Waals surface area contributed by atoms with Gasteiger partial charge < -0.3 is 5.73 Å².